The summed E-state index contributed by atoms with van der Waals surface area (Å²) < 4.78 is 0. The van der Waals surface area contributed by atoms with Gasteiger partial charge in [0.1, 0.15) is 5.41 Å². The molecule has 1 aliphatic heterocycles. The fraction of sp³-hybridized carbons (Fsp3) is 0.316. The van der Waals surface area contributed by atoms with Crippen molar-refractivity contribution in [1.82, 2.24) is 10.3 Å². The van der Waals surface area contributed by atoms with Crippen LogP contribution in [0.1, 0.15) is 24.0 Å². The number of hydrogen-bond donors (Lipinski definition) is 1. The van der Waals surface area contributed by atoms with Gasteiger partial charge in [-0.15, -0.1) is 0 Å². The minimum absolute atomic E-state index is 0.0559. The van der Waals surface area contributed by atoms with E-state index in [-0.39, 0.29) is 11.8 Å². The van der Waals surface area contributed by atoms with Gasteiger partial charge < -0.3 is 10.2 Å². The van der Waals surface area contributed by atoms with E-state index >= 15 is 0 Å². The maximum absolute atomic E-state index is 13.0. The number of hydrogen-bond acceptors (Lipinski definition) is 3. The number of carbonyl (C=O) groups excluding carboxylic acids is 2. The molecule has 2 amide bonds. The minimum atomic E-state index is -0.871. The molecule has 24 heavy (non-hydrogen) atoms. The lowest BCUT2D eigenvalue weighted by Crippen LogP contribution is -2.44. The number of aromatic nitrogens is 1. The van der Waals surface area contributed by atoms with Crippen LogP contribution in [0.5, 0.6) is 0 Å². The summed E-state index contributed by atoms with van der Waals surface area (Å²) in [5.41, 5.74) is 2.24. The number of anilines is 1. The minimum Gasteiger partial charge on any atom is -0.351 e. The Labute approximate surface area is 140 Å². The second kappa shape index (κ2) is 5.74. The number of nitrogens with zero attached hydrogens (tertiary/aromatic N) is 2. The molecule has 0 spiro atoms. The fourth-order valence-electron chi connectivity index (χ4n) is 3.32. The number of carbonyl (C=O) groups is 2. The van der Waals surface area contributed by atoms with Crippen LogP contribution in [-0.4, -0.2) is 23.3 Å². The molecule has 1 aromatic carbocycles. The van der Waals surface area contributed by atoms with Crippen molar-refractivity contribution in [3.63, 3.8) is 0 Å². The van der Waals surface area contributed by atoms with Crippen molar-refractivity contribution in [3.8, 4) is 0 Å². The predicted molar refractivity (Wildman–Crippen MR) is 90.2 cm³/mol. The molecule has 0 bridgehead atoms. The van der Waals surface area contributed by atoms with Gasteiger partial charge in [0, 0.05) is 31.2 Å². The molecule has 1 fully saturated rings. The van der Waals surface area contributed by atoms with E-state index < -0.39 is 5.41 Å². The number of benzene rings is 1. The van der Waals surface area contributed by atoms with Gasteiger partial charge in [-0.25, -0.2) is 0 Å². The van der Waals surface area contributed by atoms with Gasteiger partial charge in [-0.05, 0) is 48.6 Å². The zero-order chi connectivity index (χ0) is 16.6. The summed E-state index contributed by atoms with van der Waals surface area (Å²) in [6.45, 7) is 1.09. The standard InChI is InChI=1S/C19H19N3O2/c23-17(21-13-14-5-10-20-11-6-14)19(8-9-19)18(24)22-12-7-15-3-1-2-4-16(15)22/h1-6,10-11H,7-9,12-13H2,(H,21,23). The highest BCUT2D eigenvalue weighted by Crippen LogP contribution is 2.49. The molecule has 5 heteroatoms. The van der Waals surface area contributed by atoms with Gasteiger partial charge in [0.05, 0.1) is 0 Å². The molecule has 0 radical (unpaired) electrons. The SMILES string of the molecule is O=C(NCc1ccncc1)C1(C(=O)N2CCc3ccccc32)CC1. The van der Waals surface area contributed by atoms with Gasteiger partial charge in [-0.3, -0.25) is 14.6 Å². The molecule has 1 aromatic heterocycles. The molecule has 4 rings (SSSR count). The van der Waals surface area contributed by atoms with E-state index in [4.69, 9.17) is 0 Å². The van der Waals surface area contributed by atoms with Crippen molar-refractivity contribution in [3.05, 3.63) is 59.9 Å². The van der Waals surface area contributed by atoms with Crippen LogP contribution >= 0.6 is 0 Å². The van der Waals surface area contributed by atoms with Crippen molar-refractivity contribution in [1.29, 1.82) is 0 Å². The van der Waals surface area contributed by atoms with Gasteiger partial charge in [-0.2, -0.15) is 0 Å². The third-order valence-corrected chi connectivity index (χ3v) is 4.93. The second-order valence-corrected chi connectivity index (χ2v) is 6.46. The van der Waals surface area contributed by atoms with E-state index in [9.17, 15) is 9.59 Å². The van der Waals surface area contributed by atoms with Crippen molar-refractivity contribution in [2.75, 3.05) is 11.4 Å². The Hall–Kier alpha value is -2.69. The topological polar surface area (TPSA) is 62.3 Å². The predicted octanol–water partition coefficient (Wildman–Crippen LogP) is 2.07. The number of para-hydroxylation sites is 1. The second-order valence-electron chi connectivity index (χ2n) is 6.46. The van der Waals surface area contributed by atoms with Crippen molar-refractivity contribution in [2.24, 2.45) is 5.41 Å². The van der Waals surface area contributed by atoms with Crippen LogP contribution in [-0.2, 0) is 22.6 Å². The van der Waals surface area contributed by atoms with Crippen LogP contribution in [0.4, 0.5) is 5.69 Å². The van der Waals surface area contributed by atoms with Crippen LogP contribution in [0, 0.1) is 5.41 Å². The maximum atomic E-state index is 13.0. The number of rotatable bonds is 4. The van der Waals surface area contributed by atoms with Crippen molar-refractivity contribution >= 4 is 17.5 Å². The van der Waals surface area contributed by atoms with Crippen molar-refractivity contribution < 1.29 is 9.59 Å². The first-order chi connectivity index (χ1) is 11.7. The molecular formula is C19H19N3O2. The molecule has 0 unspecified atom stereocenters. The van der Waals surface area contributed by atoms with E-state index in [0.717, 1.165) is 17.7 Å². The third-order valence-electron chi connectivity index (χ3n) is 4.93. The largest absolute Gasteiger partial charge is 0.351 e. The highest BCUT2D eigenvalue weighted by Gasteiger charge is 2.58. The van der Waals surface area contributed by atoms with Crippen LogP contribution in [0.25, 0.3) is 0 Å². The monoisotopic (exact) mass is 321 g/mol. The molecule has 0 atom stereocenters. The molecule has 1 saturated carbocycles. The third kappa shape index (κ3) is 2.46. The molecule has 1 N–H and O–H groups in total. The summed E-state index contributed by atoms with van der Waals surface area (Å²) in [6.07, 6.45) is 5.51. The molecule has 2 aromatic rings. The van der Waals surface area contributed by atoms with Gasteiger partial charge >= 0.3 is 0 Å². The average molecular weight is 321 g/mol. The van der Waals surface area contributed by atoms with Crippen molar-refractivity contribution in [2.45, 2.75) is 25.8 Å². The van der Waals surface area contributed by atoms with E-state index in [1.807, 2.05) is 36.4 Å². The van der Waals surface area contributed by atoms with Crippen LogP contribution < -0.4 is 10.2 Å². The molecule has 2 aliphatic rings. The lowest BCUT2D eigenvalue weighted by Gasteiger charge is -2.23. The average Bonchev–Trinajstić information content (AvgIpc) is 3.33. The number of pyridine rings is 1. The number of fused-ring (bicyclic) bond motifs is 1. The van der Waals surface area contributed by atoms with Gasteiger partial charge in [0.15, 0.2) is 0 Å². The Bertz CT molecular complexity index is 784. The molecule has 122 valence electrons. The Morgan fingerprint density at radius 1 is 1.12 bits per heavy atom. The Kier molecular flexibility index (Phi) is 3.56. The van der Waals surface area contributed by atoms with Gasteiger partial charge in [0.25, 0.3) is 0 Å². The zero-order valence-corrected chi connectivity index (χ0v) is 13.4. The van der Waals surface area contributed by atoms with Crippen LogP contribution in [0.2, 0.25) is 0 Å². The lowest BCUT2D eigenvalue weighted by atomic mass is 10.0. The first-order valence-corrected chi connectivity index (χ1v) is 8.28. The summed E-state index contributed by atoms with van der Waals surface area (Å²) >= 11 is 0. The first-order valence-electron chi connectivity index (χ1n) is 8.28. The molecular weight excluding hydrogens is 302 g/mol. The van der Waals surface area contributed by atoms with E-state index in [0.29, 0.717) is 25.9 Å². The Morgan fingerprint density at radius 3 is 2.62 bits per heavy atom. The van der Waals surface area contributed by atoms with Crippen LogP contribution in [0.15, 0.2) is 48.8 Å². The first kappa shape index (κ1) is 14.9. The number of amides is 2. The molecule has 5 nitrogen and oxygen atoms in total. The summed E-state index contributed by atoms with van der Waals surface area (Å²) in [6, 6.07) is 11.7. The van der Waals surface area contributed by atoms with E-state index in [1.54, 1.807) is 17.3 Å². The highest BCUT2D eigenvalue weighted by molar-refractivity contribution is 6.14. The van der Waals surface area contributed by atoms with Gasteiger partial charge in [-0.1, -0.05) is 18.2 Å². The Morgan fingerprint density at radius 2 is 1.88 bits per heavy atom. The van der Waals surface area contributed by atoms with Gasteiger partial charge in [0.2, 0.25) is 11.8 Å². The van der Waals surface area contributed by atoms with E-state index in [2.05, 4.69) is 10.3 Å². The number of nitrogens with one attached hydrogen (secondary N) is 1. The highest BCUT2D eigenvalue weighted by atomic mass is 16.2. The Balaban J connectivity index is 1.47. The normalized spacial score (nSPS) is 17.2. The molecule has 2 heterocycles. The smallest absolute Gasteiger partial charge is 0.242 e. The fourth-order valence-corrected chi connectivity index (χ4v) is 3.32. The summed E-state index contributed by atoms with van der Waals surface area (Å²) in [7, 11) is 0. The zero-order valence-electron chi connectivity index (χ0n) is 13.4. The summed E-state index contributed by atoms with van der Waals surface area (Å²) in [5, 5.41) is 2.92. The lowest BCUT2D eigenvalue weighted by molar-refractivity contribution is -0.135. The van der Waals surface area contributed by atoms with E-state index in [1.165, 1.54) is 5.56 Å². The van der Waals surface area contributed by atoms with Crippen LogP contribution in [0.3, 0.4) is 0 Å². The molecule has 0 saturated heterocycles. The summed E-state index contributed by atoms with van der Waals surface area (Å²) in [5.74, 6) is -0.214. The maximum Gasteiger partial charge on any atom is 0.242 e. The summed E-state index contributed by atoms with van der Waals surface area (Å²) in [4.78, 5) is 31.4. The quantitative estimate of drug-likeness (QED) is 0.877. The molecule has 1 aliphatic carbocycles.